The fraction of sp³-hybridized carbons (Fsp3) is 0.417. The first-order valence-electron chi connectivity index (χ1n) is 6.29. The Hall–Kier alpha value is -1.22. The van der Waals surface area contributed by atoms with Gasteiger partial charge in [0.15, 0.2) is 0 Å². The normalized spacial score (nSPS) is 13.6. The highest BCUT2D eigenvalue weighted by molar-refractivity contribution is 7.89. The van der Waals surface area contributed by atoms with Crippen LogP contribution >= 0.6 is 11.3 Å². The average Bonchev–Trinajstić information content (AvgIpc) is 3.05. The summed E-state index contributed by atoms with van der Waals surface area (Å²) in [5, 5.41) is 0. The van der Waals surface area contributed by atoms with Gasteiger partial charge in [0, 0.05) is 28.7 Å². The molecule has 4 N–H and O–H groups in total. The molecule has 0 aromatic carbocycles. The van der Waals surface area contributed by atoms with E-state index in [2.05, 4.69) is 14.7 Å². The Morgan fingerprint density at radius 1 is 1.55 bits per heavy atom. The maximum atomic E-state index is 12.5. The number of hydrogen-bond acceptors (Lipinski definition) is 5. The molecule has 0 radical (unpaired) electrons. The summed E-state index contributed by atoms with van der Waals surface area (Å²) in [6, 6.07) is 1.27. The molecule has 0 aliphatic rings. The van der Waals surface area contributed by atoms with Gasteiger partial charge in [0.25, 0.3) is 0 Å². The van der Waals surface area contributed by atoms with E-state index >= 15 is 0 Å². The molecule has 0 saturated carbocycles. The summed E-state index contributed by atoms with van der Waals surface area (Å²) in [5.41, 5.74) is 5.56. The minimum atomic E-state index is -3.57. The predicted molar refractivity (Wildman–Crippen MR) is 78.9 cm³/mol. The van der Waals surface area contributed by atoms with Gasteiger partial charge in [-0.2, -0.15) is 0 Å². The van der Waals surface area contributed by atoms with Gasteiger partial charge < -0.3 is 10.7 Å². The van der Waals surface area contributed by atoms with E-state index in [0.29, 0.717) is 23.7 Å². The van der Waals surface area contributed by atoms with Crippen molar-refractivity contribution in [2.45, 2.75) is 37.8 Å². The molecule has 2 heterocycles. The maximum absolute atomic E-state index is 12.5. The number of aromatic amines is 1. The minimum Gasteiger partial charge on any atom is -0.347 e. The number of aromatic nitrogens is 2. The molecule has 0 amide bonds. The fourth-order valence-electron chi connectivity index (χ4n) is 1.94. The second kappa shape index (κ2) is 6.04. The van der Waals surface area contributed by atoms with Crippen LogP contribution < -0.4 is 10.5 Å². The lowest BCUT2D eigenvalue weighted by Gasteiger charge is -2.14. The van der Waals surface area contributed by atoms with E-state index in [9.17, 15) is 8.42 Å². The summed E-state index contributed by atoms with van der Waals surface area (Å²) in [4.78, 5) is 8.94. The first-order chi connectivity index (χ1) is 9.47. The van der Waals surface area contributed by atoms with Gasteiger partial charge in [-0.3, -0.25) is 0 Å². The van der Waals surface area contributed by atoms with E-state index < -0.39 is 10.0 Å². The molecule has 0 bridgehead atoms. The summed E-state index contributed by atoms with van der Waals surface area (Å²) >= 11 is 1.41. The van der Waals surface area contributed by atoms with Gasteiger partial charge in [-0.15, -0.1) is 11.3 Å². The monoisotopic (exact) mass is 314 g/mol. The van der Waals surface area contributed by atoms with Crippen molar-refractivity contribution in [2.24, 2.45) is 5.73 Å². The Morgan fingerprint density at radius 3 is 2.80 bits per heavy atom. The lowest BCUT2D eigenvalue weighted by atomic mass is 10.2. The molecular formula is C12H18N4O2S2. The second-order valence-corrected chi connectivity index (χ2v) is 7.42. The molecule has 6 nitrogen and oxygen atoms in total. The molecule has 20 heavy (non-hydrogen) atoms. The van der Waals surface area contributed by atoms with E-state index in [1.165, 1.54) is 11.3 Å². The number of imidazole rings is 1. The van der Waals surface area contributed by atoms with Gasteiger partial charge in [0.05, 0.1) is 10.9 Å². The molecule has 0 saturated heterocycles. The van der Waals surface area contributed by atoms with Crippen molar-refractivity contribution in [3.8, 4) is 0 Å². The Bertz CT molecular complexity index is 662. The van der Waals surface area contributed by atoms with Crippen LogP contribution in [0.4, 0.5) is 0 Å². The van der Waals surface area contributed by atoms with Gasteiger partial charge in [0.1, 0.15) is 5.82 Å². The van der Waals surface area contributed by atoms with Gasteiger partial charge in [-0.1, -0.05) is 6.92 Å². The SMILES string of the molecule is CCC(NS(=O)(=O)c1cc(CN)sc1C)c1ncc[nH]1. The van der Waals surface area contributed by atoms with E-state index in [1.54, 1.807) is 25.4 Å². The lowest BCUT2D eigenvalue weighted by molar-refractivity contribution is 0.539. The highest BCUT2D eigenvalue weighted by Gasteiger charge is 2.24. The van der Waals surface area contributed by atoms with Crippen molar-refractivity contribution in [3.05, 3.63) is 34.0 Å². The van der Waals surface area contributed by atoms with E-state index in [1.807, 2.05) is 6.92 Å². The zero-order valence-corrected chi connectivity index (χ0v) is 13.0. The number of thiophene rings is 1. The fourth-order valence-corrected chi connectivity index (χ4v) is 4.74. The number of H-pyrrole nitrogens is 1. The number of nitrogens with one attached hydrogen (secondary N) is 2. The zero-order chi connectivity index (χ0) is 14.8. The number of aryl methyl sites for hydroxylation is 1. The zero-order valence-electron chi connectivity index (χ0n) is 11.4. The van der Waals surface area contributed by atoms with E-state index in [-0.39, 0.29) is 6.04 Å². The van der Waals surface area contributed by atoms with Crippen molar-refractivity contribution in [1.82, 2.24) is 14.7 Å². The van der Waals surface area contributed by atoms with Gasteiger partial charge in [-0.05, 0) is 19.4 Å². The van der Waals surface area contributed by atoms with Crippen molar-refractivity contribution >= 4 is 21.4 Å². The molecule has 1 unspecified atom stereocenters. The number of sulfonamides is 1. The molecule has 2 aromatic heterocycles. The molecule has 1 atom stereocenters. The van der Waals surface area contributed by atoms with Gasteiger partial charge >= 0.3 is 0 Å². The van der Waals surface area contributed by atoms with Crippen LogP contribution in [-0.4, -0.2) is 18.4 Å². The second-order valence-electron chi connectivity index (χ2n) is 4.39. The van der Waals surface area contributed by atoms with Crippen molar-refractivity contribution in [2.75, 3.05) is 0 Å². The van der Waals surface area contributed by atoms with Crippen LogP contribution in [0.1, 0.15) is 35.0 Å². The van der Waals surface area contributed by atoms with Crippen LogP contribution in [0.2, 0.25) is 0 Å². The number of nitrogens with zero attached hydrogens (tertiary/aromatic N) is 1. The molecule has 0 aliphatic heterocycles. The molecule has 2 rings (SSSR count). The third-order valence-corrected chi connectivity index (χ3v) is 5.77. The third kappa shape index (κ3) is 3.09. The third-order valence-electron chi connectivity index (χ3n) is 2.97. The lowest BCUT2D eigenvalue weighted by Crippen LogP contribution is -2.29. The van der Waals surface area contributed by atoms with Crippen molar-refractivity contribution in [3.63, 3.8) is 0 Å². The Morgan fingerprint density at radius 2 is 2.30 bits per heavy atom. The maximum Gasteiger partial charge on any atom is 0.242 e. The summed E-state index contributed by atoms with van der Waals surface area (Å²) in [7, 11) is -3.57. The number of hydrogen-bond donors (Lipinski definition) is 3. The van der Waals surface area contributed by atoms with E-state index in [4.69, 9.17) is 5.73 Å². The number of rotatable bonds is 6. The van der Waals surface area contributed by atoms with Crippen LogP contribution in [0.15, 0.2) is 23.4 Å². The smallest absolute Gasteiger partial charge is 0.242 e. The Balaban J connectivity index is 2.28. The summed E-state index contributed by atoms with van der Waals surface area (Å²) in [5.74, 6) is 0.614. The molecule has 110 valence electrons. The molecular weight excluding hydrogens is 296 g/mol. The standard InChI is InChI=1S/C12H18N4O2S2/c1-3-10(12-14-4-5-15-12)16-20(17,18)11-6-9(7-13)19-8(11)2/h4-6,10,16H,3,7,13H2,1-2H3,(H,14,15). The molecule has 0 spiro atoms. The topological polar surface area (TPSA) is 101 Å². The first kappa shape index (κ1) is 15.2. The van der Waals surface area contributed by atoms with Gasteiger partial charge in [-0.25, -0.2) is 18.1 Å². The molecule has 8 heteroatoms. The van der Waals surface area contributed by atoms with Gasteiger partial charge in [0.2, 0.25) is 10.0 Å². The van der Waals surface area contributed by atoms with Crippen LogP contribution in [0, 0.1) is 6.92 Å². The Kier molecular flexibility index (Phi) is 4.59. The average molecular weight is 314 g/mol. The van der Waals surface area contributed by atoms with Crippen LogP contribution in [0.25, 0.3) is 0 Å². The summed E-state index contributed by atoms with van der Waals surface area (Å²) in [6.07, 6.45) is 3.89. The summed E-state index contributed by atoms with van der Waals surface area (Å²) in [6.45, 7) is 4.03. The highest BCUT2D eigenvalue weighted by Crippen LogP contribution is 2.27. The largest absolute Gasteiger partial charge is 0.347 e. The predicted octanol–water partition coefficient (Wildman–Crippen LogP) is 1.67. The molecule has 0 fully saturated rings. The van der Waals surface area contributed by atoms with Crippen molar-refractivity contribution in [1.29, 1.82) is 0 Å². The molecule has 0 aliphatic carbocycles. The highest BCUT2D eigenvalue weighted by atomic mass is 32.2. The quantitative estimate of drug-likeness (QED) is 0.755. The molecule has 2 aromatic rings. The summed E-state index contributed by atoms with van der Waals surface area (Å²) < 4.78 is 27.6. The number of nitrogens with two attached hydrogens (primary N) is 1. The minimum absolute atomic E-state index is 0.299. The van der Waals surface area contributed by atoms with Crippen LogP contribution in [0.3, 0.4) is 0 Å². The van der Waals surface area contributed by atoms with Crippen LogP contribution in [-0.2, 0) is 16.6 Å². The first-order valence-corrected chi connectivity index (χ1v) is 8.59. The van der Waals surface area contributed by atoms with Crippen LogP contribution in [0.5, 0.6) is 0 Å². The van der Waals surface area contributed by atoms with E-state index in [0.717, 1.165) is 9.75 Å². The van der Waals surface area contributed by atoms with Crippen molar-refractivity contribution < 1.29 is 8.42 Å². The Labute approximate surface area is 122 Å².